The summed E-state index contributed by atoms with van der Waals surface area (Å²) in [6.45, 7) is 4.02. The summed E-state index contributed by atoms with van der Waals surface area (Å²) in [5.41, 5.74) is 3.13. The van der Waals surface area contributed by atoms with Gasteiger partial charge in [-0.25, -0.2) is 8.42 Å². The van der Waals surface area contributed by atoms with Crippen LogP contribution in [-0.4, -0.2) is 35.6 Å². The normalized spacial score (nSPS) is 12.0. The Morgan fingerprint density at radius 1 is 0.941 bits per heavy atom. The van der Waals surface area contributed by atoms with Crippen LogP contribution in [0.4, 0.5) is 5.69 Å². The third kappa shape index (κ3) is 5.34. The Bertz CT molecular complexity index is 1240. The first-order valence-electron chi connectivity index (χ1n) is 10.9. The molecular weight excluding hydrogens is 452 g/mol. The number of nitrogens with one attached hydrogen (secondary N) is 1. The molecular formula is C26H30N2O5S. The van der Waals surface area contributed by atoms with E-state index >= 15 is 0 Å². The number of amides is 1. The van der Waals surface area contributed by atoms with Gasteiger partial charge in [-0.15, -0.1) is 0 Å². The van der Waals surface area contributed by atoms with Crippen LogP contribution in [0.5, 0.6) is 11.5 Å². The number of ether oxygens (including phenoxy) is 2. The monoisotopic (exact) mass is 482 g/mol. The van der Waals surface area contributed by atoms with E-state index in [-0.39, 0.29) is 16.8 Å². The number of aryl methyl sites for hydroxylation is 1. The summed E-state index contributed by atoms with van der Waals surface area (Å²) in [6, 6.07) is 18.8. The topological polar surface area (TPSA) is 84.9 Å². The lowest BCUT2D eigenvalue weighted by Crippen LogP contribution is -2.28. The Morgan fingerprint density at radius 3 is 2.12 bits per heavy atom. The molecule has 0 spiro atoms. The van der Waals surface area contributed by atoms with Gasteiger partial charge in [0, 0.05) is 18.7 Å². The van der Waals surface area contributed by atoms with Crippen molar-refractivity contribution >= 4 is 21.6 Å². The van der Waals surface area contributed by atoms with Crippen LogP contribution < -0.4 is 19.1 Å². The lowest BCUT2D eigenvalue weighted by atomic mass is 10.0. The van der Waals surface area contributed by atoms with Crippen LogP contribution in [0.15, 0.2) is 71.6 Å². The molecule has 3 rings (SSSR count). The number of sulfonamides is 1. The highest BCUT2D eigenvalue weighted by Crippen LogP contribution is 2.31. The zero-order valence-electron chi connectivity index (χ0n) is 20.0. The lowest BCUT2D eigenvalue weighted by molar-refractivity contribution is 0.0940. The van der Waals surface area contributed by atoms with E-state index in [1.807, 2.05) is 19.1 Å². The van der Waals surface area contributed by atoms with Gasteiger partial charge in [0.05, 0.1) is 30.8 Å². The average molecular weight is 483 g/mol. The maximum atomic E-state index is 13.1. The van der Waals surface area contributed by atoms with Crippen LogP contribution in [0.25, 0.3) is 0 Å². The summed E-state index contributed by atoms with van der Waals surface area (Å²) in [4.78, 5) is 12.8. The van der Waals surface area contributed by atoms with E-state index in [2.05, 4.69) is 24.4 Å². The van der Waals surface area contributed by atoms with E-state index in [1.165, 1.54) is 39.0 Å². The number of hydrogen-bond donors (Lipinski definition) is 1. The first-order chi connectivity index (χ1) is 16.2. The molecule has 0 aliphatic rings. The van der Waals surface area contributed by atoms with Crippen molar-refractivity contribution in [3.63, 3.8) is 0 Å². The van der Waals surface area contributed by atoms with Gasteiger partial charge >= 0.3 is 0 Å². The van der Waals surface area contributed by atoms with E-state index in [0.29, 0.717) is 22.7 Å². The van der Waals surface area contributed by atoms with Gasteiger partial charge in [-0.1, -0.05) is 31.2 Å². The number of methoxy groups -OCH3 is 2. The summed E-state index contributed by atoms with van der Waals surface area (Å²) in [5.74, 6) is 0.529. The van der Waals surface area contributed by atoms with Crippen molar-refractivity contribution in [3.05, 3.63) is 83.4 Å². The van der Waals surface area contributed by atoms with Crippen molar-refractivity contribution in [1.82, 2.24) is 5.32 Å². The molecule has 8 heteroatoms. The minimum absolute atomic E-state index is 0.0670. The maximum Gasteiger partial charge on any atom is 0.264 e. The summed E-state index contributed by atoms with van der Waals surface area (Å²) in [7, 11) is 0.547. The summed E-state index contributed by atoms with van der Waals surface area (Å²) in [5, 5.41) is 2.98. The van der Waals surface area contributed by atoms with E-state index in [9.17, 15) is 13.2 Å². The summed E-state index contributed by atoms with van der Waals surface area (Å²) in [6.07, 6.45) is 0.962. The molecule has 3 aromatic carbocycles. The van der Waals surface area contributed by atoms with Crippen LogP contribution in [-0.2, 0) is 16.4 Å². The molecule has 0 fully saturated rings. The van der Waals surface area contributed by atoms with Crippen molar-refractivity contribution in [2.45, 2.75) is 31.2 Å². The zero-order chi connectivity index (χ0) is 24.9. The van der Waals surface area contributed by atoms with Gasteiger partial charge < -0.3 is 14.8 Å². The Hall–Kier alpha value is -3.52. The Labute approximate surface area is 201 Å². The molecule has 0 radical (unpaired) electrons. The first-order valence-corrected chi connectivity index (χ1v) is 12.4. The van der Waals surface area contributed by atoms with Gasteiger partial charge in [0.1, 0.15) is 0 Å². The van der Waals surface area contributed by atoms with Crippen molar-refractivity contribution in [2.24, 2.45) is 0 Å². The molecule has 180 valence electrons. The molecule has 0 saturated carbocycles. The average Bonchev–Trinajstić information content (AvgIpc) is 2.87. The molecule has 0 bridgehead atoms. The molecule has 0 aromatic heterocycles. The zero-order valence-corrected chi connectivity index (χ0v) is 20.8. The third-order valence-electron chi connectivity index (χ3n) is 5.74. The van der Waals surface area contributed by atoms with Crippen molar-refractivity contribution in [3.8, 4) is 11.5 Å². The maximum absolute atomic E-state index is 13.1. The smallest absolute Gasteiger partial charge is 0.264 e. The first kappa shape index (κ1) is 25.1. The molecule has 1 amide bonds. The molecule has 0 aliphatic heterocycles. The highest BCUT2D eigenvalue weighted by atomic mass is 32.2. The molecule has 3 aromatic rings. The fourth-order valence-electron chi connectivity index (χ4n) is 3.50. The van der Waals surface area contributed by atoms with Gasteiger partial charge in [0.15, 0.2) is 11.5 Å². The van der Waals surface area contributed by atoms with E-state index in [0.717, 1.165) is 16.3 Å². The third-order valence-corrected chi connectivity index (χ3v) is 7.52. The predicted octanol–water partition coefficient (Wildman–Crippen LogP) is 4.58. The number of nitrogens with zero attached hydrogens (tertiary/aromatic N) is 1. The van der Waals surface area contributed by atoms with Crippen LogP contribution in [0.3, 0.4) is 0 Å². The molecule has 0 heterocycles. The lowest BCUT2D eigenvalue weighted by Gasteiger charge is -2.21. The molecule has 1 N–H and O–H groups in total. The second-order valence-corrected chi connectivity index (χ2v) is 9.80. The number of benzene rings is 3. The molecule has 34 heavy (non-hydrogen) atoms. The minimum atomic E-state index is -3.85. The minimum Gasteiger partial charge on any atom is -0.493 e. The fourth-order valence-corrected chi connectivity index (χ4v) is 4.71. The van der Waals surface area contributed by atoms with Crippen molar-refractivity contribution < 1.29 is 22.7 Å². The number of rotatable bonds is 9. The number of carbonyl (C=O) groups excluding carboxylic acids is 1. The van der Waals surface area contributed by atoms with E-state index in [4.69, 9.17) is 9.47 Å². The second-order valence-electron chi connectivity index (χ2n) is 7.83. The molecule has 1 atom stereocenters. The quantitative estimate of drug-likeness (QED) is 0.483. The molecule has 1 unspecified atom stereocenters. The van der Waals surface area contributed by atoms with Crippen LogP contribution in [0.2, 0.25) is 0 Å². The highest BCUT2D eigenvalue weighted by Gasteiger charge is 2.23. The van der Waals surface area contributed by atoms with E-state index < -0.39 is 10.0 Å². The molecule has 0 saturated heterocycles. The van der Waals surface area contributed by atoms with Gasteiger partial charge in [0.2, 0.25) is 0 Å². The standard InChI is InChI=1S/C26H30N2O5S/c1-6-19-7-9-20(10-8-19)18(2)27-26(29)21-11-13-22(14-12-21)28(3)34(30,31)23-15-16-24(32-4)25(17-23)33-5/h7-18H,6H2,1-5H3,(H,27,29). The highest BCUT2D eigenvalue weighted by molar-refractivity contribution is 7.92. The van der Waals surface area contributed by atoms with E-state index in [1.54, 1.807) is 30.3 Å². The Balaban J connectivity index is 1.74. The Morgan fingerprint density at radius 2 is 1.56 bits per heavy atom. The SMILES string of the molecule is CCc1ccc(C(C)NC(=O)c2ccc(N(C)S(=O)(=O)c3ccc(OC)c(OC)c3)cc2)cc1. The molecule has 0 aliphatic carbocycles. The van der Waals surface area contributed by atoms with Gasteiger partial charge in [0.25, 0.3) is 15.9 Å². The molecule has 7 nitrogen and oxygen atoms in total. The van der Waals surface area contributed by atoms with Crippen LogP contribution in [0.1, 0.15) is 41.4 Å². The number of carbonyl (C=O) groups is 1. The largest absolute Gasteiger partial charge is 0.493 e. The predicted molar refractivity (Wildman–Crippen MR) is 133 cm³/mol. The van der Waals surface area contributed by atoms with Crippen LogP contribution in [0, 0.1) is 0 Å². The van der Waals surface area contributed by atoms with Gasteiger partial charge in [-0.3, -0.25) is 9.10 Å². The van der Waals surface area contributed by atoms with Crippen molar-refractivity contribution in [2.75, 3.05) is 25.6 Å². The van der Waals surface area contributed by atoms with Gasteiger partial charge in [-0.05, 0) is 60.9 Å². The van der Waals surface area contributed by atoms with Gasteiger partial charge in [-0.2, -0.15) is 0 Å². The van der Waals surface area contributed by atoms with Crippen molar-refractivity contribution in [1.29, 1.82) is 0 Å². The Kier molecular flexibility index (Phi) is 7.83. The van der Waals surface area contributed by atoms with Crippen LogP contribution >= 0.6 is 0 Å². The number of hydrogen-bond acceptors (Lipinski definition) is 5. The number of anilines is 1. The second kappa shape index (κ2) is 10.6. The summed E-state index contributed by atoms with van der Waals surface area (Å²) < 4.78 is 37.8. The summed E-state index contributed by atoms with van der Waals surface area (Å²) >= 11 is 0. The fraction of sp³-hybridized carbons (Fsp3) is 0.269.